The molecule has 1 unspecified atom stereocenters. The fourth-order valence-corrected chi connectivity index (χ4v) is 2.91. The van der Waals surface area contributed by atoms with Crippen molar-refractivity contribution in [1.29, 1.82) is 0 Å². The standard InChI is InChI=1S/C13H23N3O2/c1-14-9-11-5-2-3-7-15(11)10-13(18)16-8-4-6-12(16)17/h11,14H,2-10H2,1H3. The van der Waals surface area contributed by atoms with Crippen molar-refractivity contribution in [2.75, 3.05) is 33.2 Å². The van der Waals surface area contributed by atoms with Crippen LogP contribution in [0.15, 0.2) is 0 Å². The van der Waals surface area contributed by atoms with E-state index >= 15 is 0 Å². The summed E-state index contributed by atoms with van der Waals surface area (Å²) in [6.07, 6.45) is 4.89. The molecule has 0 radical (unpaired) electrons. The van der Waals surface area contributed by atoms with E-state index in [-0.39, 0.29) is 11.8 Å². The molecule has 2 aliphatic rings. The van der Waals surface area contributed by atoms with E-state index in [1.807, 2.05) is 7.05 Å². The molecular weight excluding hydrogens is 230 g/mol. The van der Waals surface area contributed by atoms with Gasteiger partial charge in [0, 0.05) is 25.6 Å². The SMILES string of the molecule is CNCC1CCCCN1CC(=O)N1CCCC1=O. The summed E-state index contributed by atoms with van der Waals surface area (Å²) in [5.41, 5.74) is 0. The van der Waals surface area contributed by atoms with Crippen LogP contribution in [-0.2, 0) is 9.59 Å². The van der Waals surface area contributed by atoms with E-state index in [9.17, 15) is 9.59 Å². The number of rotatable bonds is 4. The van der Waals surface area contributed by atoms with Gasteiger partial charge in [-0.1, -0.05) is 6.42 Å². The van der Waals surface area contributed by atoms with Gasteiger partial charge in [0.1, 0.15) is 0 Å². The van der Waals surface area contributed by atoms with Crippen LogP contribution in [0.3, 0.4) is 0 Å². The number of nitrogens with one attached hydrogen (secondary N) is 1. The maximum atomic E-state index is 12.1. The van der Waals surface area contributed by atoms with Crippen molar-refractivity contribution in [2.45, 2.75) is 38.1 Å². The average molecular weight is 253 g/mol. The van der Waals surface area contributed by atoms with Crippen molar-refractivity contribution in [3.8, 4) is 0 Å². The minimum Gasteiger partial charge on any atom is -0.318 e. The highest BCUT2D eigenvalue weighted by Crippen LogP contribution is 2.17. The summed E-state index contributed by atoms with van der Waals surface area (Å²) >= 11 is 0. The lowest BCUT2D eigenvalue weighted by molar-refractivity contribution is -0.143. The Hall–Kier alpha value is -0.940. The van der Waals surface area contributed by atoms with E-state index in [0.29, 0.717) is 25.6 Å². The first-order valence-corrected chi connectivity index (χ1v) is 6.94. The lowest BCUT2D eigenvalue weighted by Crippen LogP contribution is -2.50. The highest BCUT2D eigenvalue weighted by Gasteiger charge is 2.30. The molecule has 0 spiro atoms. The summed E-state index contributed by atoms with van der Waals surface area (Å²) in [7, 11) is 1.94. The van der Waals surface area contributed by atoms with Gasteiger partial charge in [0.25, 0.3) is 0 Å². The van der Waals surface area contributed by atoms with Crippen molar-refractivity contribution >= 4 is 11.8 Å². The minimum absolute atomic E-state index is 0.00201. The number of nitrogens with zero attached hydrogens (tertiary/aromatic N) is 2. The molecule has 1 atom stereocenters. The van der Waals surface area contributed by atoms with Gasteiger partial charge < -0.3 is 5.32 Å². The summed E-state index contributed by atoms with van der Waals surface area (Å²) in [5.74, 6) is -0.0114. The Morgan fingerprint density at radius 3 is 2.83 bits per heavy atom. The molecule has 2 rings (SSSR count). The quantitative estimate of drug-likeness (QED) is 0.778. The fourth-order valence-electron chi connectivity index (χ4n) is 2.91. The molecule has 2 amide bonds. The maximum Gasteiger partial charge on any atom is 0.243 e. The van der Waals surface area contributed by atoms with Gasteiger partial charge >= 0.3 is 0 Å². The number of amides is 2. The first kappa shape index (κ1) is 13.5. The van der Waals surface area contributed by atoms with Gasteiger partial charge in [0.15, 0.2) is 0 Å². The van der Waals surface area contributed by atoms with E-state index in [1.165, 1.54) is 11.3 Å². The van der Waals surface area contributed by atoms with E-state index in [4.69, 9.17) is 0 Å². The zero-order chi connectivity index (χ0) is 13.0. The molecule has 102 valence electrons. The van der Waals surface area contributed by atoms with Gasteiger partial charge in [-0.15, -0.1) is 0 Å². The normalized spacial score (nSPS) is 25.7. The van der Waals surface area contributed by atoms with Crippen molar-refractivity contribution in [3.63, 3.8) is 0 Å². The first-order valence-electron chi connectivity index (χ1n) is 6.94. The molecule has 2 fully saturated rings. The highest BCUT2D eigenvalue weighted by atomic mass is 16.2. The van der Waals surface area contributed by atoms with E-state index in [1.54, 1.807) is 0 Å². The third-order valence-electron chi connectivity index (χ3n) is 3.90. The predicted molar refractivity (Wildman–Crippen MR) is 69.1 cm³/mol. The van der Waals surface area contributed by atoms with Crippen molar-refractivity contribution < 1.29 is 9.59 Å². The molecule has 2 aliphatic heterocycles. The second-order valence-corrected chi connectivity index (χ2v) is 5.22. The summed E-state index contributed by atoms with van der Waals surface area (Å²) in [6.45, 7) is 2.90. The predicted octanol–water partition coefficient (Wildman–Crippen LogP) is 0.209. The zero-order valence-corrected chi connectivity index (χ0v) is 11.2. The molecule has 0 saturated carbocycles. The Morgan fingerprint density at radius 1 is 1.33 bits per heavy atom. The van der Waals surface area contributed by atoms with Gasteiger partial charge in [-0.2, -0.15) is 0 Å². The van der Waals surface area contributed by atoms with E-state index in [2.05, 4.69) is 10.2 Å². The molecule has 2 heterocycles. The van der Waals surface area contributed by atoms with Crippen LogP contribution >= 0.6 is 0 Å². The van der Waals surface area contributed by atoms with Crippen molar-refractivity contribution in [2.24, 2.45) is 0 Å². The molecule has 1 N–H and O–H groups in total. The van der Waals surface area contributed by atoms with E-state index < -0.39 is 0 Å². The van der Waals surface area contributed by atoms with Crippen LogP contribution in [0.5, 0.6) is 0 Å². The molecule has 5 heteroatoms. The van der Waals surface area contributed by atoms with E-state index in [0.717, 1.165) is 32.4 Å². The highest BCUT2D eigenvalue weighted by molar-refractivity contribution is 5.97. The molecule has 18 heavy (non-hydrogen) atoms. The van der Waals surface area contributed by atoms with Gasteiger partial charge in [-0.25, -0.2) is 0 Å². The third-order valence-corrected chi connectivity index (χ3v) is 3.90. The lowest BCUT2D eigenvalue weighted by atomic mass is 10.0. The topological polar surface area (TPSA) is 52.7 Å². The Morgan fingerprint density at radius 2 is 2.17 bits per heavy atom. The maximum absolute atomic E-state index is 12.1. The largest absolute Gasteiger partial charge is 0.318 e. The summed E-state index contributed by atoms with van der Waals surface area (Å²) < 4.78 is 0. The second kappa shape index (κ2) is 6.29. The van der Waals surface area contributed by atoms with Crippen LogP contribution in [0, 0.1) is 0 Å². The van der Waals surface area contributed by atoms with Crippen LogP contribution in [0.4, 0.5) is 0 Å². The molecule has 5 nitrogen and oxygen atoms in total. The second-order valence-electron chi connectivity index (χ2n) is 5.22. The Bertz CT molecular complexity index is 317. The van der Waals surface area contributed by atoms with Crippen LogP contribution in [0.25, 0.3) is 0 Å². The van der Waals surface area contributed by atoms with Gasteiger partial charge in [0.05, 0.1) is 6.54 Å². The van der Waals surface area contributed by atoms with Crippen molar-refractivity contribution in [3.05, 3.63) is 0 Å². The number of likely N-dealkylation sites (N-methyl/N-ethyl adjacent to an activating group) is 1. The molecule has 0 bridgehead atoms. The van der Waals surface area contributed by atoms with Crippen molar-refractivity contribution in [1.82, 2.24) is 15.1 Å². The van der Waals surface area contributed by atoms with Crippen LogP contribution in [-0.4, -0.2) is 60.9 Å². The molecule has 2 saturated heterocycles. The molecule has 0 aromatic carbocycles. The van der Waals surface area contributed by atoms with Crippen LogP contribution in [0.1, 0.15) is 32.1 Å². The number of hydrogen-bond donors (Lipinski definition) is 1. The molecular formula is C13H23N3O2. The summed E-state index contributed by atoms with van der Waals surface area (Å²) in [6, 6.07) is 0.436. The summed E-state index contributed by atoms with van der Waals surface area (Å²) in [5, 5.41) is 3.19. The number of piperidine rings is 1. The zero-order valence-electron chi connectivity index (χ0n) is 11.2. The number of carbonyl (C=O) groups is 2. The smallest absolute Gasteiger partial charge is 0.243 e. The molecule has 0 aromatic rings. The molecule has 0 aromatic heterocycles. The first-order chi connectivity index (χ1) is 8.72. The summed E-state index contributed by atoms with van der Waals surface area (Å²) in [4.78, 5) is 27.3. The average Bonchev–Trinajstić information content (AvgIpc) is 2.78. The van der Waals surface area contributed by atoms with Gasteiger partial charge in [-0.05, 0) is 32.9 Å². The minimum atomic E-state index is -0.0134. The van der Waals surface area contributed by atoms with Gasteiger partial charge in [0.2, 0.25) is 11.8 Å². The number of carbonyl (C=O) groups excluding carboxylic acids is 2. The molecule has 0 aliphatic carbocycles. The van der Waals surface area contributed by atoms with Crippen LogP contribution < -0.4 is 5.32 Å². The Kier molecular flexibility index (Phi) is 4.72. The number of imide groups is 1. The fraction of sp³-hybridized carbons (Fsp3) is 0.846. The monoisotopic (exact) mass is 253 g/mol. The van der Waals surface area contributed by atoms with Gasteiger partial charge in [-0.3, -0.25) is 19.4 Å². The Labute approximate surface area is 108 Å². The Balaban J connectivity index is 1.89. The van der Waals surface area contributed by atoms with Crippen LogP contribution in [0.2, 0.25) is 0 Å². The number of hydrogen-bond acceptors (Lipinski definition) is 4. The lowest BCUT2D eigenvalue weighted by Gasteiger charge is -2.35. The number of likely N-dealkylation sites (tertiary alicyclic amines) is 2. The third kappa shape index (κ3) is 3.09.